The van der Waals surface area contributed by atoms with Gasteiger partial charge >= 0.3 is 0 Å². The normalized spacial score (nSPS) is 19.7. The van der Waals surface area contributed by atoms with Gasteiger partial charge in [0.1, 0.15) is 6.26 Å². The smallest absolute Gasteiger partial charge is 0.226 e. The molecule has 1 N–H and O–H groups in total. The van der Waals surface area contributed by atoms with Crippen molar-refractivity contribution < 1.29 is 9.52 Å². The van der Waals surface area contributed by atoms with E-state index in [0.717, 1.165) is 37.2 Å². The molecule has 1 saturated heterocycles. The Morgan fingerprint density at radius 1 is 1.30 bits per heavy atom. The van der Waals surface area contributed by atoms with E-state index in [9.17, 15) is 5.11 Å². The lowest BCUT2D eigenvalue weighted by Crippen LogP contribution is -2.35. The SMILES string of the molecule is OCCC1CCCCCN1Cc1coc(-c2cccc(Cl)c2)n1. The van der Waals surface area contributed by atoms with Gasteiger partial charge in [-0.2, -0.15) is 0 Å². The molecule has 1 aromatic carbocycles. The summed E-state index contributed by atoms with van der Waals surface area (Å²) in [5, 5.41) is 9.98. The maximum absolute atomic E-state index is 9.30. The largest absolute Gasteiger partial charge is 0.444 e. The van der Waals surface area contributed by atoms with Crippen LogP contribution in [0.25, 0.3) is 11.5 Å². The van der Waals surface area contributed by atoms with E-state index in [-0.39, 0.29) is 6.61 Å². The quantitative estimate of drug-likeness (QED) is 0.893. The number of aromatic nitrogens is 1. The first-order valence-corrected chi connectivity index (χ1v) is 8.69. The zero-order chi connectivity index (χ0) is 16.1. The first kappa shape index (κ1) is 16.5. The summed E-state index contributed by atoms with van der Waals surface area (Å²) in [4.78, 5) is 7.04. The summed E-state index contributed by atoms with van der Waals surface area (Å²) in [6.07, 6.45) is 7.44. The number of aliphatic hydroxyl groups excluding tert-OH is 1. The molecule has 4 nitrogen and oxygen atoms in total. The van der Waals surface area contributed by atoms with Gasteiger partial charge in [-0.1, -0.05) is 30.5 Å². The lowest BCUT2D eigenvalue weighted by Gasteiger charge is -2.28. The highest BCUT2D eigenvalue weighted by Gasteiger charge is 2.22. The number of rotatable bonds is 5. The first-order chi connectivity index (χ1) is 11.3. The Balaban J connectivity index is 1.72. The molecule has 5 heteroatoms. The molecule has 0 amide bonds. The standard InChI is InChI=1S/C18H23ClN2O2/c19-15-6-4-5-14(11-15)18-20-16(13-23-18)12-21-9-3-1-2-7-17(21)8-10-22/h4-6,11,13,17,22H,1-3,7-10,12H2. The molecule has 3 rings (SSSR count). The van der Waals surface area contributed by atoms with E-state index in [4.69, 9.17) is 16.0 Å². The summed E-state index contributed by atoms with van der Waals surface area (Å²) in [6.45, 7) is 2.08. The molecule has 1 aromatic heterocycles. The molecular formula is C18H23ClN2O2. The highest BCUT2D eigenvalue weighted by molar-refractivity contribution is 6.30. The Morgan fingerprint density at radius 3 is 3.04 bits per heavy atom. The van der Waals surface area contributed by atoms with Gasteiger partial charge in [-0.15, -0.1) is 0 Å². The number of oxazole rings is 1. The zero-order valence-corrected chi connectivity index (χ0v) is 14.0. The number of likely N-dealkylation sites (tertiary alicyclic amines) is 1. The van der Waals surface area contributed by atoms with Crippen LogP contribution in [-0.2, 0) is 6.54 Å². The van der Waals surface area contributed by atoms with Crippen LogP contribution in [0, 0.1) is 0 Å². The molecule has 0 aliphatic carbocycles. The Labute approximate surface area is 142 Å². The number of benzene rings is 1. The number of nitrogens with zero attached hydrogens (tertiary/aromatic N) is 2. The summed E-state index contributed by atoms with van der Waals surface area (Å²) in [5.41, 5.74) is 1.83. The van der Waals surface area contributed by atoms with E-state index in [1.54, 1.807) is 6.26 Å². The van der Waals surface area contributed by atoms with Crippen molar-refractivity contribution in [3.8, 4) is 11.5 Å². The minimum atomic E-state index is 0.244. The Morgan fingerprint density at radius 2 is 2.22 bits per heavy atom. The fourth-order valence-electron chi connectivity index (χ4n) is 3.26. The molecule has 0 spiro atoms. The van der Waals surface area contributed by atoms with Crippen LogP contribution in [0.5, 0.6) is 0 Å². The molecule has 2 heterocycles. The van der Waals surface area contributed by atoms with Crippen molar-refractivity contribution in [2.75, 3.05) is 13.2 Å². The molecule has 1 unspecified atom stereocenters. The zero-order valence-electron chi connectivity index (χ0n) is 13.2. The van der Waals surface area contributed by atoms with E-state index in [0.29, 0.717) is 17.0 Å². The topological polar surface area (TPSA) is 49.5 Å². The number of hydrogen-bond acceptors (Lipinski definition) is 4. The third-order valence-corrected chi connectivity index (χ3v) is 4.68. The molecule has 0 radical (unpaired) electrons. The predicted molar refractivity (Wildman–Crippen MR) is 91.3 cm³/mol. The van der Waals surface area contributed by atoms with Crippen LogP contribution < -0.4 is 0 Å². The van der Waals surface area contributed by atoms with Crippen molar-refractivity contribution in [3.05, 3.63) is 41.2 Å². The van der Waals surface area contributed by atoms with E-state index in [1.165, 1.54) is 19.3 Å². The average molecular weight is 335 g/mol. The minimum absolute atomic E-state index is 0.244. The molecule has 2 aromatic rings. The number of halogens is 1. The first-order valence-electron chi connectivity index (χ1n) is 8.31. The average Bonchev–Trinajstić information content (AvgIpc) is 2.90. The van der Waals surface area contributed by atoms with Crippen molar-refractivity contribution in [3.63, 3.8) is 0 Å². The number of hydrogen-bond donors (Lipinski definition) is 1. The highest BCUT2D eigenvalue weighted by atomic mass is 35.5. The second-order valence-electron chi connectivity index (χ2n) is 6.14. The van der Waals surface area contributed by atoms with Gasteiger partial charge < -0.3 is 9.52 Å². The summed E-state index contributed by atoms with van der Waals surface area (Å²) in [7, 11) is 0. The summed E-state index contributed by atoms with van der Waals surface area (Å²) < 4.78 is 5.63. The molecule has 1 atom stereocenters. The third-order valence-electron chi connectivity index (χ3n) is 4.45. The molecular weight excluding hydrogens is 312 g/mol. The molecule has 23 heavy (non-hydrogen) atoms. The monoisotopic (exact) mass is 334 g/mol. The third kappa shape index (κ3) is 4.34. The van der Waals surface area contributed by atoms with Crippen LogP contribution in [0.1, 0.15) is 37.8 Å². The van der Waals surface area contributed by atoms with Crippen molar-refractivity contribution in [2.45, 2.75) is 44.7 Å². The highest BCUT2D eigenvalue weighted by Crippen LogP contribution is 2.24. The molecule has 1 aliphatic heterocycles. The van der Waals surface area contributed by atoms with Gasteiger partial charge in [-0.3, -0.25) is 4.90 Å². The fraction of sp³-hybridized carbons (Fsp3) is 0.500. The van der Waals surface area contributed by atoms with Crippen LogP contribution >= 0.6 is 11.6 Å². The second kappa shape index (κ2) is 7.95. The Bertz CT molecular complexity index is 629. The van der Waals surface area contributed by atoms with Crippen LogP contribution in [0.2, 0.25) is 5.02 Å². The fourth-order valence-corrected chi connectivity index (χ4v) is 3.45. The van der Waals surface area contributed by atoms with Gasteiger partial charge in [0.2, 0.25) is 5.89 Å². The van der Waals surface area contributed by atoms with Gasteiger partial charge in [-0.05, 0) is 44.0 Å². The molecule has 1 fully saturated rings. The van der Waals surface area contributed by atoms with Gasteiger partial charge in [0, 0.05) is 29.8 Å². The van der Waals surface area contributed by atoms with E-state index < -0.39 is 0 Å². The predicted octanol–water partition coefficient (Wildman–Crippen LogP) is 4.12. The van der Waals surface area contributed by atoms with Gasteiger partial charge in [-0.25, -0.2) is 4.98 Å². The Kier molecular flexibility index (Phi) is 5.70. The van der Waals surface area contributed by atoms with Crippen molar-refractivity contribution in [2.24, 2.45) is 0 Å². The van der Waals surface area contributed by atoms with Crippen molar-refractivity contribution in [1.29, 1.82) is 0 Å². The maximum Gasteiger partial charge on any atom is 0.226 e. The molecule has 0 saturated carbocycles. The van der Waals surface area contributed by atoms with Gasteiger partial charge in [0.15, 0.2) is 0 Å². The lowest BCUT2D eigenvalue weighted by molar-refractivity contribution is 0.150. The minimum Gasteiger partial charge on any atom is -0.444 e. The second-order valence-corrected chi connectivity index (χ2v) is 6.58. The van der Waals surface area contributed by atoms with Gasteiger partial charge in [0.25, 0.3) is 0 Å². The van der Waals surface area contributed by atoms with Crippen LogP contribution in [0.15, 0.2) is 34.9 Å². The Hall–Kier alpha value is -1.36. The van der Waals surface area contributed by atoms with E-state index in [1.807, 2.05) is 24.3 Å². The summed E-state index contributed by atoms with van der Waals surface area (Å²) in [5.74, 6) is 0.607. The van der Waals surface area contributed by atoms with E-state index >= 15 is 0 Å². The number of aliphatic hydroxyl groups is 1. The summed E-state index contributed by atoms with van der Waals surface area (Å²) >= 11 is 6.03. The molecule has 0 bridgehead atoms. The molecule has 1 aliphatic rings. The van der Waals surface area contributed by atoms with Crippen molar-refractivity contribution in [1.82, 2.24) is 9.88 Å². The van der Waals surface area contributed by atoms with Gasteiger partial charge in [0.05, 0.1) is 5.69 Å². The van der Waals surface area contributed by atoms with Crippen LogP contribution in [0.4, 0.5) is 0 Å². The lowest BCUT2D eigenvalue weighted by atomic mass is 10.1. The summed E-state index contributed by atoms with van der Waals surface area (Å²) in [6, 6.07) is 7.98. The van der Waals surface area contributed by atoms with E-state index in [2.05, 4.69) is 9.88 Å². The molecule has 124 valence electrons. The van der Waals surface area contributed by atoms with Crippen LogP contribution in [0.3, 0.4) is 0 Å². The van der Waals surface area contributed by atoms with Crippen LogP contribution in [-0.4, -0.2) is 34.2 Å². The maximum atomic E-state index is 9.30. The van der Waals surface area contributed by atoms with Crippen molar-refractivity contribution >= 4 is 11.6 Å².